The third kappa shape index (κ3) is 2.81. The average Bonchev–Trinajstić information content (AvgIpc) is 2.13. The second kappa shape index (κ2) is 4.77. The predicted molar refractivity (Wildman–Crippen MR) is 55.1 cm³/mol. The lowest BCUT2D eigenvalue weighted by Gasteiger charge is -2.12. The van der Waals surface area contributed by atoms with Crippen LogP contribution in [0.4, 0.5) is 0 Å². The average molecular weight is 266 g/mol. The highest BCUT2D eigenvalue weighted by atomic mass is 79.9. The van der Waals surface area contributed by atoms with Gasteiger partial charge < -0.3 is 4.74 Å². The van der Waals surface area contributed by atoms with Gasteiger partial charge in [0.05, 0.1) is 6.10 Å². The third-order valence-electron chi connectivity index (χ3n) is 1.60. The Morgan fingerprint density at radius 3 is 2.92 bits per heavy atom. The Labute approximate surface area is 90.6 Å². The van der Waals surface area contributed by atoms with Gasteiger partial charge in [0.15, 0.2) is 5.15 Å². The van der Waals surface area contributed by atoms with Crippen LogP contribution in [0.2, 0.25) is 5.15 Å². The Hall–Kier alpha value is -0.350. The van der Waals surface area contributed by atoms with E-state index in [1.54, 1.807) is 0 Å². The van der Waals surface area contributed by atoms with Crippen LogP contribution in [0.15, 0.2) is 10.8 Å². The summed E-state index contributed by atoms with van der Waals surface area (Å²) in [4.78, 5) is 7.76. The summed E-state index contributed by atoms with van der Waals surface area (Å²) >= 11 is 9.02. The Bertz CT molecular complexity index is 295. The molecule has 0 aliphatic carbocycles. The van der Waals surface area contributed by atoms with E-state index in [0.29, 0.717) is 15.5 Å². The first kappa shape index (κ1) is 10.7. The zero-order valence-electron chi connectivity index (χ0n) is 7.42. The second-order valence-electron chi connectivity index (χ2n) is 2.62. The van der Waals surface area contributed by atoms with Gasteiger partial charge in [0, 0.05) is 0 Å². The van der Waals surface area contributed by atoms with E-state index in [4.69, 9.17) is 16.3 Å². The molecule has 0 fully saturated rings. The van der Waals surface area contributed by atoms with Gasteiger partial charge in [0.1, 0.15) is 10.8 Å². The fourth-order valence-corrected chi connectivity index (χ4v) is 1.11. The lowest BCUT2D eigenvalue weighted by atomic mass is 10.3. The van der Waals surface area contributed by atoms with Crippen LogP contribution in [0, 0.1) is 0 Å². The van der Waals surface area contributed by atoms with E-state index in [9.17, 15) is 0 Å². The summed E-state index contributed by atoms with van der Waals surface area (Å²) in [6, 6.07) is 0. The minimum absolute atomic E-state index is 0.127. The van der Waals surface area contributed by atoms with Crippen molar-refractivity contribution < 1.29 is 4.74 Å². The highest BCUT2D eigenvalue weighted by Gasteiger charge is 2.10. The molecule has 1 atom stereocenters. The molecular formula is C8H10BrClN2O. The molecule has 0 aliphatic rings. The highest BCUT2D eigenvalue weighted by molar-refractivity contribution is 9.10. The molecule has 0 saturated carbocycles. The molecule has 1 aromatic rings. The van der Waals surface area contributed by atoms with Crippen LogP contribution in [-0.4, -0.2) is 16.1 Å². The van der Waals surface area contributed by atoms with Crippen LogP contribution in [0.1, 0.15) is 20.3 Å². The van der Waals surface area contributed by atoms with Crippen LogP contribution < -0.4 is 4.74 Å². The summed E-state index contributed by atoms with van der Waals surface area (Å²) in [5, 5.41) is 0.369. The Morgan fingerprint density at radius 1 is 1.62 bits per heavy atom. The molecule has 0 saturated heterocycles. The fraction of sp³-hybridized carbons (Fsp3) is 0.500. The second-order valence-corrected chi connectivity index (χ2v) is 3.77. The van der Waals surface area contributed by atoms with E-state index in [0.717, 1.165) is 6.42 Å². The number of hydrogen-bond acceptors (Lipinski definition) is 3. The molecule has 0 amide bonds. The molecule has 0 bridgehead atoms. The maximum atomic E-state index is 5.76. The smallest absolute Gasteiger partial charge is 0.232 e. The Balaban J connectivity index is 2.83. The fourth-order valence-electron chi connectivity index (χ4n) is 0.690. The molecule has 13 heavy (non-hydrogen) atoms. The maximum absolute atomic E-state index is 5.76. The topological polar surface area (TPSA) is 35.0 Å². The van der Waals surface area contributed by atoms with E-state index in [2.05, 4.69) is 25.9 Å². The van der Waals surface area contributed by atoms with Crippen molar-refractivity contribution in [2.75, 3.05) is 0 Å². The van der Waals surface area contributed by atoms with Crippen molar-refractivity contribution in [1.82, 2.24) is 9.97 Å². The van der Waals surface area contributed by atoms with Crippen molar-refractivity contribution in [2.45, 2.75) is 26.4 Å². The zero-order valence-corrected chi connectivity index (χ0v) is 9.76. The molecule has 1 rings (SSSR count). The van der Waals surface area contributed by atoms with Crippen LogP contribution in [0.3, 0.4) is 0 Å². The normalized spacial score (nSPS) is 12.6. The van der Waals surface area contributed by atoms with Crippen molar-refractivity contribution in [1.29, 1.82) is 0 Å². The molecule has 0 N–H and O–H groups in total. The molecule has 72 valence electrons. The van der Waals surface area contributed by atoms with Crippen LogP contribution in [0.5, 0.6) is 5.88 Å². The summed E-state index contributed by atoms with van der Waals surface area (Å²) in [5.74, 6) is 0.495. The third-order valence-corrected chi connectivity index (χ3v) is 2.83. The molecule has 1 aromatic heterocycles. The lowest BCUT2D eigenvalue weighted by Crippen LogP contribution is -2.11. The van der Waals surface area contributed by atoms with Crippen LogP contribution in [-0.2, 0) is 0 Å². The Kier molecular flexibility index (Phi) is 3.93. The monoisotopic (exact) mass is 264 g/mol. The summed E-state index contributed by atoms with van der Waals surface area (Å²) in [6.45, 7) is 4.02. The molecule has 0 radical (unpaired) electrons. The molecule has 0 aromatic carbocycles. The number of rotatable bonds is 3. The summed E-state index contributed by atoms with van der Waals surface area (Å²) in [5.41, 5.74) is 0. The minimum Gasteiger partial charge on any atom is -0.474 e. The van der Waals surface area contributed by atoms with Gasteiger partial charge in [0.2, 0.25) is 5.88 Å². The largest absolute Gasteiger partial charge is 0.474 e. The lowest BCUT2D eigenvalue weighted by molar-refractivity contribution is 0.206. The van der Waals surface area contributed by atoms with Crippen molar-refractivity contribution in [3.8, 4) is 5.88 Å². The van der Waals surface area contributed by atoms with Gasteiger partial charge in [-0.1, -0.05) is 18.5 Å². The molecule has 3 nitrogen and oxygen atoms in total. The number of nitrogens with zero attached hydrogens (tertiary/aromatic N) is 2. The van der Waals surface area contributed by atoms with Crippen molar-refractivity contribution >= 4 is 27.5 Å². The number of hydrogen-bond donors (Lipinski definition) is 0. The SMILES string of the molecule is CCC(C)Oc1ncnc(Cl)c1Br. The van der Waals surface area contributed by atoms with Gasteiger partial charge in [0.25, 0.3) is 0 Å². The van der Waals surface area contributed by atoms with Crippen LogP contribution in [0.25, 0.3) is 0 Å². The first-order valence-corrected chi connectivity index (χ1v) is 5.15. The molecular weight excluding hydrogens is 255 g/mol. The van der Waals surface area contributed by atoms with Gasteiger partial charge in [-0.25, -0.2) is 9.97 Å². The van der Waals surface area contributed by atoms with E-state index in [1.165, 1.54) is 6.33 Å². The molecule has 0 spiro atoms. The van der Waals surface area contributed by atoms with E-state index < -0.39 is 0 Å². The van der Waals surface area contributed by atoms with E-state index in [1.807, 2.05) is 13.8 Å². The number of halogens is 2. The quantitative estimate of drug-likeness (QED) is 0.788. The molecule has 1 heterocycles. The van der Waals surface area contributed by atoms with Crippen molar-refractivity contribution in [2.24, 2.45) is 0 Å². The first-order valence-electron chi connectivity index (χ1n) is 3.97. The minimum atomic E-state index is 0.127. The van der Waals surface area contributed by atoms with Gasteiger partial charge in [-0.3, -0.25) is 0 Å². The summed E-state index contributed by atoms with van der Waals surface area (Å²) in [6.07, 6.45) is 2.43. The van der Waals surface area contributed by atoms with E-state index in [-0.39, 0.29) is 6.10 Å². The van der Waals surface area contributed by atoms with Gasteiger partial charge in [-0.05, 0) is 29.3 Å². The first-order chi connectivity index (χ1) is 6.15. The van der Waals surface area contributed by atoms with Crippen molar-refractivity contribution in [3.63, 3.8) is 0 Å². The van der Waals surface area contributed by atoms with Gasteiger partial charge in [-0.15, -0.1) is 0 Å². The Morgan fingerprint density at radius 2 is 2.31 bits per heavy atom. The van der Waals surface area contributed by atoms with Gasteiger partial charge in [-0.2, -0.15) is 0 Å². The summed E-state index contributed by atoms with van der Waals surface area (Å²) < 4.78 is 6.10. The van der Waals surface area contributed by atoms with Crippen LogP contribution >= 0.6 is 27.5 Å². The standard InChI is InChI=1S/C8H10BrClN2O/c1-3-5(2)13-8-6(9)7(10)11-4-12-8/h4-5H,3H2,1-2H3. The molecule has 5 heteroatoms. The van der Waals surface area contributed by atoms with E-state index >= 15 is 0 Å². The number of aromatic nitrogens is 2. The van der Waals surface area contributed by atoms with Crippen molar-refractivity contribution in [3.05, 3.63) is 16.0 Å². The molecule has 1 unspecified atom stereocenters. The highest BCUT2D eigenvalue weighted by Crippen LogP contribution is 2.28. The van der Waals surface area contributed by atoms with Gasteiger partial charge >= 0.3 is 0 Å². The predicted octanol–water partition coefficient (Wildman–Crippen LogP) is 3.07. The maximum Gasteiger partial charge on any atom is 0.232 e. The zero-order chi connectivity index (χ0) is 9.84. The number of ether oxygens (including phenoxy) is 1. The summed E-state index contributed by atoms with van der Waals surface area (Å²) in [7, 11) is 0. The molecule has 0 aliphatic heterocycles.